The van der Waals surface area contributed by atoms with Crippen LogP contribution in [0.2, 0.25) is 0 Å². The van der Waals surface area contributed by atoms with Crippen LogP contribution in [0.5, 0.6) is 0 Å². The maximum Gasteiger partial charge on any atom is 0.345 e. The number of ether oxygens (including phenoxy) is 1. The summed E-state index contributed by atoms with van der Waals surface area (Å²) in [5.74, 6) is 0.242. The minimum atomic E-state index is -0.513. The third-order valence-corrected chi connectivity index (χ3v) is 3.64. The summed E-state index contributed by atoms with van der Waals surface area (Å²) in [4.78, 5) is 14.0. The third kappa shape index (κ3) is 3.08. The monoisotopic (exact) mass is 292 g/mol. The highest BCUT2D eigenvalue weighted by Crippen LogP contribution is 2.28. The maximum atomic E-state index is 12.0. The molecule has 0 spiro atoms. The molecule has 21 heavy (non-hydrogen) atoms. The molecule has 0 unspecified atom stereocenters. The summed E-state index contributed by atoms with van der Waals surface area (Å²) in [5.41, 5.74) is 12.2. The second-order valence-corrected chi connectivity index (χ2v) is 5.03. The average molecular weight is 292 g/mol. The number of aromatic nitrogens is 2. The van der Waals surface area contributed by atoms with Crippen molar-refractivity contribution in [1.29, 1.82) is 5.26 Å². The Hall–Kier alpha value is -2.27. The van der Waals surface area contributed by atoms with Crippen molar-refractivity contribution < 1.29 is 9.53 Å². The van der Waals surface area contributed by atoms with Gasteiger partial charge in [-0.2, -0.15) is 10.4 Å². The summed E-state index contributed by atoms with van der Waals surface area (Å²) in [6.07, 6.45) is 1.95. The molecule has 0 saturated carbocycles. The van der Waals surface area contributed by atoms with Gasteiger partial charge in [0.1, 0.15) is 11.4 Å². The number of rotatable bonds is 4. The minimum Gasteiger partial charge on any atom is -0.465 e. The number of anilines is 2. The van der Waals surface area contributed by atoms with E-state index in [0.717, 1.165) is 25.9 Å². The van der Waals surface area contributed by atoms with Gasteiger partial charge in [0.2, 0.25) is 0 Å². The molecule has 114 valence electrons. The lowest BCUT2D eigenvalue weighted by Crippen LogP contribution is -2.40. The van der Waals surface area contributed by atoms with Gasteiger partial charge >= 0.3 is 5.97 Å². The first kappa shape index (κ1) is 15.1. The first-order valence-corrected chi connectivity index (χ1v) is 6.90. The van der Waals surface area contributed by atoms with Crippen LogP contribution >= 0.6 is 0 Å². The molecule has 0 aliphatic carbocycles. The van der Waals surface area contributed by atoms with Crippen LogP contribution in [0, 0.1) is 11.3 Å². The van der Waals surface area contributed by atoms with E-state index < -0.39 is 5.97 Å². The number of piperidine rings is 1. The Bertz CT molecular complexity index is 554. The highest BCUT2D eigenvalue weighted by molar-refractivity contribution is 5.99. The van der Waals surface area contributed by atoms with Crippen LogP contribution in [0.4, 0.5) is 11.6 Å². The molecule has 0 amide bonds. The number of hydrogen-bond donors (Lipinski definition) is 2. The van der Waals surface area contributed by atoms with Gasteiger partial charge in [-0.25, -0.2) is 9.48 Å². The van der Waals surface area contributed by atoms with Gasteiger partial charge in [-0.15, -0.1) is 0 Å². The predicted molar refractivity (Wildman–Crippen MR) is 77.6 cm³/mol. The second kappa shape index (κ2) is 6.45. The number of hydrogen-bond acceptors (Lipinski definition) is 7. The van der Waals surface area contributed by atoms with Crippen molar-refractivity contribution in [3.63, 3.8) is 0 Å². The summed E-state index contributed by atoms with van der Waals surface area (Å²) in [6.45, 7) is 1.79. The van der Waals surface area contributed by atoms with Gasteiger partial charge in [-0.1, -0.05) is 0 Å². The van der Waals surface area contributed by atoms with Crippen molar-refractivity contribution in [1.82, 2.24) is 9.78 Å². The van der Waals surface area contributed by atoms with Crippen molar-refractivity contribution in [3.05, 3.63) is 5.56 Å². The van der Waals surface area contributed by atoms with E-state index in [4.69, 9.17) is 21.5 Å². The number of methoxy groups -OCH3 is 1. The molecule has 1 fully saturated rings. The van der Waals surface area contributed by atoms with Gasteiger partial charge in [0.15, 0.2) is 5.82 Å². The Balaban J connectivity index is 2.34. The Kier molecular flexibility index (Phi) is 4.65. The number of nitriles is 1. The topological polar surface area (TPSA) is 123 Å². The van der Waals surface area contributed by atoms with E-state index in [1.54, 1.807) is 0 Å². The van der Waals surface area contributed by atoms with E-state index in [2.05, 4.69) is 5.10 Å². The smallest absolute Gasteiger partial charge is 0.345 e. The fraction of sp³-hybridized carbons (Fsp3) is 0.615. The molecule has 0 aromatic carbocycles. The quantitative estimate of drug-likeness (QED) is 0.754. The van der Waals surface area contributed by atoms with Crippen LogP contribution in [0.1, 0.15) is 29.6 Å². The highest BCUT2D eigenvalue weighted by Gasteiger charge is 2.28. The highest BCUT2D eigenvalue weighted by atomic mass is 16.5. The second-order valence-electron chi connectivity index (χ2n) is 5.03. The van der Waals surface area contributed by atoms with Crippen LogP contribution in [0.25, 0.3) is 0 Å². The zero-order valence-corrected chi connectivity index (χ0v) is 12.1. The van der Waals surface area contributed by atoms with Crippen LogP contribution < -0.4 is 16.4 Å². The zero-order chi connectivity index (χ0) is 15.4. The number of carbonyl (C=O) groups is 1. The molecule has 0 bridgehead atoms. The fourth-order valence-corrected chi connectivity index (χ4v) is 2.42. The number of nitrogen functional groups attached to an aromatic ring is 1. The molecule has 0 atom stereocenters. The van der Waals surface area contributed by atoms with Crippen molar-refractivity contribution in [2.24, 2.45) is 5.73 Å². The van der Waals surface area contributed by atoms with Crippen LogP contribution in [-0.4, -0.2) is 42.0 Å². The molecule has 1 aliphatic rings. The third-order valence-electron chi connectivity index (χ3n) is 3.64. The SMILES string of the molecule is COC(=O)c1c(N2CCC(N)CC2)nn(CCC#N)c1N. The Morgan fingerprint density at radius 3 is 2.76 bits per heavy atom. The van der Waals surface area contributed by atoms with Gasteiger partial charge < -0.3 is 21.1 Å². The van der Waals surface area contributed by atoms with Gasteiger partial charge in [-0.3, -0.25) is 0 Å². The average Bonchev–Trinajstić information content (AvgIpc) is 2.82. The van der Waals surface area contributed by atoms with E-state index in [0.29, 0.717) is 12.4 Å². The standard InChI is InChI=1S/C13H20N6O2/c1-21-13(20)10-11(16)19(6-2-5-14)17-12(10)18-7-3-9(15)4-8-18/h9H,2-4,6-8,15-16H2,1H3. The molecular weight excluding hydrogens is 272 g/mol. The van der Waals surface area contributed by atoms with Crippen molar-refractivity contribution in [2.75, 3.05) is 30.8 Å². The summed E-state index contributed by atoms with van der Waals surface area (Å²) < 4.78 is 6.28. The lowest BCUT2D eigenvalue weighted by atomic mass is 10.1. The molecule has 8 heteroatoms. The first-order chi connectivity index (χ1) is 10.1. The normalized spacial score (nSPS) is 15.8. The molecular formula is C13H20N6O2. The van der Waals surface area contributed by atoms with Gasteiger partial charge in [0.05, 0.1) is 26.1 Å². The van der Waals surface area contributed by atoms with Gasteiger partial charge in [0, 0.05) is 19.1 Å². The molecule has 4 N–H and O–H groups in total. The molecule has 1 aromatic heterocycles. The summed E-state index contributed by atoms with van der Waals surface area (Å²) in [6, 6.07) is 2.22. The summed E-state index contributed by atoms with van der Waals surface area (Å²) in [7, 11) is 1.31. The number of aryl methyl sites for hydroxylation is 1. The molecule has 1 aromatic rings. The predicted octanol–water partition coefficient (Wildman–Crippen LogP) is 0.0931. The lowest BCUT2D eigenvalue weighted by Gasteiger charge is -2.30. The number of nitrogens with zero attached hydrogens (tertiary/aromatic N) is 4. The van der Waals surface area contributed by atoms with E-state index in [1.807, 2.05) is 11.0 Å². The summed E-state index contributed by atoms with van der Waals surface area (Å²) in [5, 5.41) is 13.1. The van der Waals surface area contributed by atoms with Crippen LogP contribution in [-0.2, 0) is 11.3 Å². The number of nitrogens with two attached hydrogens (primary N) is 2. The van der Waals surface area contributed by atoms with E-state index in [-0.39, 0.29) is 23.8 Å². The van der Waals surface area contributed by atoms with Crippen molar-refractivity contribution in [3.8, 4) is 6.07 Å². The van der Waals surface area contributed by atoms with Crippen molar-refractivity contribution in [2.45, 2.75) is 31.8 Å². The Labute approximate surface area is 123 Å². The van der Waals surface area contributed by atoms with E-state index >= 15 is 0 Å². The Morgan fingerprint density at radius 1 is 1.52 bits per heavy atom. The van der Waals surface area contributed by atoms with Gasteiger partial charge in [-0.05, 0) is 12.8 Å². The molecule has 1 saturated heterocycles. The molecule has 2 rings (SSSR count). The van der Waals surface area contributed by atoms with Crippen molar-refractivity contribution >= 4 is 17.6 Å². The largest absolute Gasteiger partial charge is 0.465 e. The number of carbonyl (C=O) groups excluding carboxylic acids is 1. The van der Waals surface area contributed by atoms with E-state index in [9.17, 15) is 4.79 Å². The minimum absolute atomic E-state index is 0.181. The number of esters is 1. The molecule has 2 heterocycles. The van der Waals surface area contributed by atoms with Crippen LogP contribution in [0.15, 0.2) is 0 Å². The summed E-state index contributed by atoms with van der Waals surface area (Å²) >= 11 is 0. The van der Waals surface area contributed by atoms with Gasteiger partial charge in [0.25, 0.3) is 0 Å². The molecule has 0 radical (unpaired) electrons. The lowest BCUT2D eigenvalue weighted by molar-refractivity contribution is 0.0602. The van der Waals surface area contributed by atoms with E-state index in [1.165, 1.54) is 11.8 Å². The molecule has 8 nitrogen and oxygen atoms in total. The zero-order valence-electron chi connectivity index (χ0n) is 12.1. The first-order valence-electron chi connectivity index (χ1n) is 6.90. The maximum absolute atomic E-state index is 12.0. The fourth-order valence-electron chi connectivity index (χ4n) is 2.42. The van der Waals surface area contributed by atoms with Crippen LogP contribution in [0.3, 0.4) is 0 Å². The Morgan fingerprint density at radius 2 is 2.19 bits per heavy atom. The molecule has 1 aliphatic heterocycles.